The number of aliphatic imine (C=N–C) groups is 1. The molecule has 7 aromatic rings. The summed E-state index contributed by atoms with van der Waals surface area (Å²) < 4.78 is 0. The minimum atomic E-state index is 0.855. The maximum atomic E-state index is 5.32. The molecule has 0 saturated heterocycles. The van der Waals surface area contributed by atoms with Gasteiger partial charge in [0.15, 0.2) is 0 Å². The van der Waals surface area contributed by atoms with Crippen molar-refractivity contribution in [2.75, 3.05) is 0 Å². The molecule has 0 radical (unpaired) electrons. The number of nitrogens with one attached hydrogen (secondary N) is 1. The van der Waals surface area contributed by atoms with Crippen molar-refractivity contribution in [1.82, 2.24) is 4.98 Å². The van der Waals surface area contributed by atoms with Gasteiger partial charge >= 0.3 is 0 Å². The summed E-state index contributed by atoms with van der Waals surface area (Å²) in [5.41, 5.74) is 6.47. The molecule has 1 N–H and O–H groups in total. The Morgan fingerprint density at radius 3 is 2.02 bits per heavy atom. The maximum absolute atomic E-state index is 5.32. The number of H-pyrrole nitrogens is 1. The van der Waals surface area contributed by atoms with Crippen LogP contribution >= 0.6 is 0 Å². The standard InChI is InChI=1S/C38H28N2/c1-25-11-3-8-16-33(25)36(31-21-19-27-12-4-6-14-29(27)23-31)26(2)39-38-37(34-17-9-10-18-35(34)40-38)32-22-20-28-13-5-7-15-30(28)24-32/h3-24,40H,1H2,2H3/b36-33+,39-26+. The van der Waals surface area contributed by atoms with Crippen LogP contribution in [0.15, 0.2) is 138 Å². The van der Waals surface area contributed by atoms with Crippen molar-refractivity contribution in [1.29, 1.82) is 0 Å². The van der Waals surface area contributed by atoms with Crippen LogP contribution < -0.4 is 10.4 Å². The van der Waals surface area contributed by atoms with Gasteiger partial charge in [-0.1, -0.05) is 122 Å². The van der Waals surface area contributed by atoms with Crippen LogP contribution in [0.25, 0.3) is 55.7 Å². The van der Waals surface area contributed by atoms with Gasteiger partial charge in [-0.25, -0.2) is 4.99 Å². The zero-order valence-corrected chi connectivity index (χ0v) is 22.4. The maximum Gasteiger partial charge on any atom is 0.139 e. The van der Waals surface area contributed by atoms with E-state index in [4.69, 9.17) is 4.99 Å². The summed E-state index contributed by atoms with van der Waals surface area (Å²) >= 11 is 0. The van der Waals surface area contributed by atoms with Crippen molar-refractivity contribution in [3.05, 3.63) is 149 Å². The summed E-state index contributed by atoms with van der Waals surface area (Å²) in [6.07, 6.45) is 0. The average molecular weight is 513 g/mol. The smallest absolute Gasteiger partial charge is 0.139 e. The molecule has 0 saturated carbocycles. The number of para-hydroxylation sites is 1. The molecule has 2 heteroatoms. The van der Waals surface area contributed by atoms with E-state index in [-0.39, 0.29) is 0 Å². The lowest BCUT2D eigenvalue weighted by molar-refractivity contribution is 1.36. The fourth-order valence-corrected chi connectivity index (χ4v) is 5.74. The normalized spacial score (nSPS) is 12.8. The van der Waals surface area contributed by atoms with Crippen molar-refractivity contribution < 1.29 is 0 Å². The van der Waals surface area contributed by atoms with Crippen molar-refractivity contribution in [2.24, 2.45) is 4.99 Å². The molecule has 2 nitrogen and oxygen atoms in total. The van der Waals surface area contributed by atoms with Gasteiger partial charge in [0, 0.05) is 27.8 Å². The van der Waals surface area contributed by atoms with Crippen molar-refractivity contribution in [2.45, 2.75) is 6.92 Å². The van der Waals surface area contributed by atoms with Crippen molar-refractivity contribution >= 4 is 56.1 Å². The van der Waals surface area contributed by atoms with Crippen LogP contribution in [0.3, 0.4) is 0 Å². The number of rotatable bonds is 4. The number of hydrogen-bond donors (Lipinski definition) is 1. The summed E-state index contributed by atoms with van der Waals surface area (Å²) in [5, 5.41) is 8.09. The summed E-state index contributed by atoms with van der Waals surface area (Å²) in [7, 11) is 0. The van der Waals surface area contributed by atoms with Gasteiger partial charge in [-0.2, -0.15) is 0 Å². The molecule has 7 rings (SSSR count). The lowest BCUT2D eigenvalue weighted by Gasteiger charge is -2.11. The monoisotopic (exact) mass is 512 g/mol. The van der Waals surface area contributed by atoms with E-state index in [0.29, 0.717) is 0 Å². The Bertz CT molecular complexity index is 2200. The Balaban J connectivity index is 1.48. The third-order valence-corrected chi connectivity index (χ3v) is 7.69. The molecule has 0 spiro atoms. The van der Waals surface area contributed by atoms with Gasteiger partial charge in [0.25, 0.3) is 0 Å². The fraction of sp³-hybridized carbons (Fsp3) is 0.0263. The molecule has 190 valence electrons. The summed E-state index contributed by atoms with van der Waals surface area (Å²) in [6, 6.07) is 47.0. The zero-order chi connectivity index (χ0) is 27.1. The predicted molar refractivity (Wildman–Crippen MR) is 172 cm³/mol. The summed E-state index contributed by atoms with van der Waals surface area (Å²) in [6.45, 7) is 6.47. The zero-order valence-electron chi connectivity index (χ0n) is 22.4. The highest BCUT2D eigenvalue weighted by atomic mass is 14.9. The molecule has 0 fully saturated rings. The predicted octanol–water partition coefficient (Wildman–Crippen LogP) is 8.54. The van der Waals surface area contributed by atoms with E-state index in [9.17, 15) is 0 Å². The Morgan fingerprint density at radius 1 is 0.625 bits per heavy atom. The van der Waals surface area contributed by atoms with Crippen molar-refractivity contribution in [3.8, 4) is 11.1 Å². The van der Waals surface area contributed by atoms with Gasteiger partial charge in [0.05, 0.1) is 0 Å². The fourth-order valence-electron chi connectivity index (χ4n) is 5.74. The van der Waals surface area contributed by atoms with Crippen LogP contribution in [-0.4, -0.2) is 10.7 Å². The van der Waals surface area contributed by atoms with Gasteiger partial charge < -0.3 is 4.98 Å². The topological polar surface area (TPSA) is 28.1 Å². The lowest BCUT2D eigenvalue weighted by Crippen LogP contribution is -2.27. The molecule has 6 aromatic carbocycles. The molecular formula is C38H28N2. The molecule has 0 bridgehead atoms. The number of benzene rings is 6. The van der Waals surface area contributed by atoms with Crippen LogP contribution in [0.2, 0.25) is 0 Å². The number of nitrogens with zero attached hydrogens (tertiary/aromatic N) is 1. The largest absolute Gasteiger partial charge is 0.339 e. The highest BCUT2D eigenvalue weighted by molar-refractivity contribution is 6.24. The lowest BCUT2D eigenvalue weighted by atomic mass is 9.95. The summed E-state index contributed by atoms with van der Waals surface area (Å²) in [4.78, 5) is 8.95. The minimum absolute atomic E-state index is 0.855. The van der Waals surface area contributed by atoms with E-state index in [1.54, 1.807) is 0 Å². The highest BCUT2D eigenvalue weighted by Crippen LogP contribution is 2.39. The van der Waals surface area contributed by atoms with E-state index in [2.05, 4.69) is 146 Å². The highest BCUT2D eigenvalue weighted by Gasteiger charge is 2.16. The van der Waals surface area contributed by atoms with Gasteiger partial charge in [-0.05, 0) is 68.2 Å². The molecule has 40 heavy (non-hydrogen) atoms. The first-order valence-corrected chi connectivity index (χ1v) is 13.6. The third-order valence-electron chi connectivity index (χ3n) is 7.69. The first-order chi connectivity index (χ1) is 19.7. The Hall–Kier alpha value is -5.21. The van der Waals surface area contributed by atoms with Crippen LogP contribution in [0.4, 0.5) is 5.82 Å². The molecule has 1 aromatic heterocycles. The Kier molecular flexibility index (Phi) is 5.87. The quantitative estimate of drug-likeness (QED) is 0.229. The van der Waals surface area contributed by atoms with E-state index in [1.165, 1.54) is 21.5 Å². The van der Waals surface area contributed by atoms with Crippen molar-refractivity contribution in [3.63, 3.8) is 0 Å². The molecule has 0 aliphatic carbocycles. The van der Waals surface area contributed by atoms with E-state index in [1.807, 2.05) is 6.07 Å². The second-order valence-corrected chi connectivity index (χ2v) is 10.2. The van der Waals surface area contributed by atoms with Gasteiger partial charge in [0.2, 0.25) is 0 Å². The molecule has 0 amide bonds. The molecule has 0 aliphatic rings. The van der Waals surface area contributed by atoms with E-state index in [0.717, 1.165) is 55.1 Å². The Labute approximate surface area is 233 Å². The first kappa shape index (κ1) is 23.9. The van der Waals surface area contributed by atoms with Crippen LogP contribution in [0.5, 0.6) is 0 Å². The number of aromatic amines is 1. The third kappa shape index (κ3) is 4.20. The minimum Gasteiger partial charge on any atom is -0.339 e. The van der Waals surface area contributed by atoms with E-state index >= 15 is 0 Å². The molecule has 0 aliphatic heterocycles. The second-order valence-electron chi connectivity index (χ2n) is 10.2. The van der Waals surface area contributed by atoms with Crippen LogP contribution in [-0.2, 0) is 0 Å². The summed E-state index contributed by atoms with van der Waals surface area (Å²) in [5.74, 6) is 0.855. The molecular weight excluding hydrogens is 484 g/mol. The van der Waals surface area contributed by atoms with Gasteiger partial charge in [-0.15, -0.1) is 0 Å². The number of fused-ring (bicyclic) bond motifs is 3. The second kappa shape index (κ2) is 9.83. The number of aromatic nitrogens is 1. The van der Waals surface area contributed by atoms with Crippen LogP contribution in [0, 0.1) is 0 Å². The SMILES string of the molecule is C=c1cccc/c1=C(/C(C)=N/c1[nH]c2ccccc2c1-c1ccc2ccccc2c1)c1ccc2ccccc2c1. The first-order valence-electron chi connectivity index (χ1n) is 13.6. The Morgan fingerprint density at radius 2 is 1.25 bits per heavy atom. The average Bonchev–Trinajstić information content (AvgIpc) is 3.35. The van der Waals surface area contributed by atoms with Gasteiger partial charge in [0.1, 0.15) is 5.82 Å². The van der Waals surface area contributed by atoms with Crippen LogP contribution in [0.1, 0.15) is 12.5 Å². The van der Waals surface area contributed by atoms with E-state index < -0.39 is 0 Å². The molecule has 1 heterocycles. The molecule has 0 atom stereocenters. The van der Waals surface area contributed by atoms with Gasteiger partial charge in [-0.3, -0.25) is 0 Å². The number of hydrogen-bond acceptors (Lipinski definition) is 1. The molecule has 0 unspecified atom stereocenters.